The van der Waals surface area contributed by atoms with Crippen molar-refractivity contribution < 1.29 is 18.7 Å². The Bertz CT molecular complexity index is 1960. The molecular weight excluding hydrogens is 589 g/mol. The summed E-state index contributed by atoms with van der Waals surface area (Å²) in [7, 11) is 6.12. The second kappa shape index (κ2) is 13.2. The van der Waals surface area contributed by atoms with Crippen molar-refractivity contribution in [2.75, 3.05) is 26.0 Å². The number of rotatable bonds is 9. The molecule has 4 aromatic rings. The first-order chi connectivity index (χ1) is 21.9. The van der Waals surface area contributed by atoms with E-state index in [0.29, 0.717) is 60.2 Å². The lowest BCUT2D eigenvalue weighted by atomic mass is 9.90. The van der Waals surface area contributed by atoms with Crippen LogP contribution in [-0.4, -0.2) is 51.6 Å². The number of carbonyl (C=O) groups is 2. The Morgan fingerprint density at radius 3 is 2.39 bits per heavy atom. The van der Waals surface area contributed by atoms with E-state index in [2.05, 4.69) is 10.4 Å². The largest absolute Gasteiger partial charge is 0.496 e. The highest BCUT2D eigenvalue weighted by Gasteiger charge is 2.25. The van der Waals surface area contributed by atoms with Gasteiger partial charge in [0.2, 0.25) is 5.69 Å². The van der Waals surface area contributed by atoms with Crippen LogP contribution in [0.3, 0.4) is 0 Å². The summed E-state index contributed by atoms with van der Waals surface area (Å²) in [4.78, 5) is 51.4. The fourth-order valence-electron chi connectivity index (χ4n) is 6.25. The maximum Gasteiger partial charge on any atom is 0.346 e. The second-order valence-corrected chi connectivity index (χ2v) is 12.0. The van der Waals surface area contributed by atoms with E-state index < -0.39 is 22.9 Å². The van der Waals surface area contributed by atoms with Crippen molar-refractivity contribution in [2.24, 2.45) is 20.0 Å². The molecule has 0 spiro atoms. The number of aromatic nitrogens is 3. The van der Waals surface area contributed by atoms with Gasteiger partial charge in [-0.05, 0) is 84.8 Å². The summed E-state index contributed by atoms with van der Waals surface area (Å²) in [5.74, 6) is -0.0571. The number of hydrogen-bond donors (Lipinski definition) is 1. The first kappa shape index (κ1) is 32.5. The number of methoxy groups -OCH3 is 1. The molecule has 0 radical (unpaired) electrons. The Balaban J connectivity index is 1.44. The summed E-state index contributed by atoms with van der Waals surface area (Å²) in [5.41, 5.74) is 4.01. The van der Waals surface area contributed by atoms with Crippen LogP contribution in [0.4, 0.5) is 10.1 Å². The van der Waals surface area contributed by atoms with Gasteiger partial charge in [0.25, 0.3) is 11.5 Å². The van der Waals surface area contributed by atoms with Crippen molar-refractivity contribution in [3.8, 4) is 28.0 Å². The Morgan fingerprint density at radius 2 is 1.72 bits per heavy atom. The van der Waals surface area contributed by atoms with Crippen LogP contribution >= 0.6 is 0 Å². The smallest absolute Gasteiger partial charge is 0.346 e. The number of ketones is 1. The van der Waals surface area contributed by atoms with Crippen molar-refractivity contribution in [1.29, 1.82) is 0 Å². The number of benzene rings is 3. The summed E-state index contributed by atoms with van der Waals surface area (Å²) in [6.45, 7) is 4.90. The predicted molar refractivity (Wildman–Crippen MR) is 175 cm³/mol. The molecule has 1 aromatic heterocycles. The minimum absolute atomic E-state index is 0.293. The predicted octanol–water partition coefficient (Wildman–Crippen LogP) is 4.63. The summed E-state index contributed by atoms with van der Waals surface area (Å²) < 4.78 is 23.1. The Kier molecular flexibility index (Phi) is 9.34. The maximum absolute atomic E-state index is 15.7. The number of nitrogens with zero attached hydrogens (tertiary/aromatic N) is 4. The van der Waals surface area contributed by atoms with E-state index in [0.717, 1.165) is 43.5 Å². The zero-order valence-corrected chi connectivity index (χ0v) is 26.9. The highest BCUT2D eigenvalue weighted by Crippen LogP contribution is 2.38. The van der Waals surface area contributed by atoms with Gasteiger partial charge in [-0.3, -0.25) is 19.0 Å². The standard InChI is InChI=1S/C35H38FN5O5/c1-20-25(23-16-29(36)28(31(17-23)46-6)19-39(3)18-22-13-14-24(42)15-22)9-7-10-26(20)27-11-8-12-30(21(27)2)37-33(43)32-34(44)40(4)35(45)41(5)38-32/h7-12,16-17,22H,13-15,18-19H2,1-6H3,(H,37,43)/t22-/m1/s1. The summed E-state index contributed by atoms with van der Waals surface area (Å²) in [5, 5.41) is 6.64. The van der Waals surface area contributed by atoms with Crippen molar-refractivity contribution in [3.05, 3.63) is 97.6 Å². The van der Waals surface area contributed by atoms with E-state index in [9.17, 15) is 19.2 Å². The van der Waals surface area contributed by atoms with Gasteiger partial charge in [-0.25, -0.2) is 13.9 Å². The molecule has 0 aliphatic heterocycles. The summed E-state index contributed by atoms with van der Waals surface area (Å²) >= 11 is 0. The molecule has 1 aliphatic carbocycles. The van der Waals surface area contributed by atoms with Crippen LogP contribution in [0.1, 0.15) is 46.4 Å². The van der Waals surface area contributed by atoms with E-state index in [1.54, 1.807) is 12.1 Å². The average Bonchev–Trinajstić information content (AvgIpc) is 3.43. The minimum atomic E-state index is -0.788. The normalized spacial score (nSPS) is 14.6. The number of ether oxygens (including phenoxy) is 1. The van der Waals surface area contributed by atoms with Crippen molar-refractivity contribution in [1.82, 2.24) is 19.2 Å². The Labute approximate surface area is 266 Å². The molecule has 1 fully saturated rings. The van der Waals surface area contributed by atoms with Gasteiger partial charge >= 0.3 is 5.69 Å². The molecule has 5 rings (SSSR count). The quantitative estimate of drug-likeness (QED) is 0.288. The summed E-state index contributed by atoms with van der Waals surface area (Å²) in [6, 6.07) is 14.6. The highest BCUT2D eigenvalue weighted by molar-refractivity contribution is 6.03. The first-order valence-electron chi connectivity index (χ1n) is 15.1. The van der Waals surface area contributed by atoms with Crippen LogP contribution in [0.5, 0.6) is 5.75 Å². The molecule has 0 saturated heterocycles. The molecule has 0 unspecified atom stereocenters. The number of nitrogens with one attached hydrogen (secondary N) is 1. The number of amides is 1. The molecule has 3 aromatic carbocycles. The van der Waals surface area contributed by atoms with E-state index >= 15 is 4.39 Å². The van der Waals surface area contributed by atoms with Crippen LogP contribution < -0.4 is 21.3 Å². The molecule has 240 valence electrons. The fraction of sp³-hybridized carbons (Fsp3) is 0.343. The number of Topliss-reactive ketones (excluding diaryl/α,β-unsaturated/α-hetero) is 1. The molecule has 1 atom stereocenters. The van der Waals surface area contributed by atoms with Gasteiger partial charge in [0.05, 0.1) is 7.11 Å². The average molecular weight is 628 g/mol. The molecule has 1 amide bonds. The van der Waals surface area contributed by atoms with Crippen LogP contribution in [0, 0.1) is 25.6 Å². The lowest BCUT2D eigenvalue weighted by Gasteiger charge is -2.22. The third-order valence-electron chi connectivity index (χ3n) is 8.77. The Morgan fingerprint density at radius 1 is 1.04 bits per heavy atom. The van der Waals surface area contributed by atoms with Gasteiger partial charge < -0.3 is 15.0 Å². The topological polar surface area (TPSA) is 116 Å². The maximum atomic E-state index is 15.7. The van der Waals surface area contributed by atoms with Gasteiger partial charge in [0.15, 0.2) is 0 Å². The second-order valence-electron chi connectivity index (χ2n) is 12.0. The minimum Gasteiger partial charge on any atom is -0.496 e. The number of carbonyl (C=O) groups excluding carboxylic acids is 2. The van der Waals surface area contributed by atoms with Gasteiger partial charge in [0, 0.05) is 51.3 Å². The Hall–Kier alpha value is -4.90. The van der Waals surface area contributed by atoms with Crippen molar-refractivity contribution >= 4 is 17.4 Å². The van der Waals surface area contributed by atoms with Crippen LogP contribution in [0.2, 0.25) is 0 Å². The van der Waals surface area contributed by atoms with Crippen molar-refractivity contribution in [3.63, 3.8) is 0 Å². The van der Waals surface area contributed by atoms with Gasteiger partial charge in [-0.15, -0.1) is 0 Å². The van der Waals surface area contributed by atoms with Gasteiger partial charge in [-0.2, -0.15) is 5.10 Å². The van der Waals surface area contributed by atoms with E-state index in [1.807, 2.05) is 56.1 Å². The molecule has 1 N–H and O–H groups in total. The summed E-state index contributed by atoms with van der Waals surface area (Å²) in [6.07, 6.45) is 2.08. The molecule has 1 saturated carbocycles. The number of anilines is 1. The SMILES string of the molecule is COc1cc(-c2cccc(-c3cccc(NC(=O)c4nn(C)c(=O)n(C)c4=O)c3C)c2C)cc(F)c1CN(C)C[C@@H]1CCC(=O)C1. The van der Waals surface area contributed by atoms with E-state index in [1.165, 1.54) is 27.3 Å². The lowest BCUT2D eigenvalue weighted by molar-refractivity contribution is -0.117. The lowest BCUT2D eigenvalue weighted by Crippen LogP contribution is -2.43. The van der Waals surface area contributed by atoms with Crippen LogP contribution in [0.25, 0.3) is 22.3 Å². The molecule has 0 bridgehead atoms. The molecule has 10 nitrogen and oxygen atoms in total. The molecule has 11 heteroatoms. The number of halogens is 1. The first-order valence-corrected chi connectivity index (χ1v) is 15.1. The van der Waals surface area contributed by atoms with Crippen molar-refractivity contribution in [2.45, 2.75) is 39.7 Å². The van der Waals surface area contributed by atoms with Crippen LogP contribution in [0.15, 0.2) is 58.1 Å². The molecular formula is C35H38FN5O5. The third-order valence-corrected chi connectivity index (χ3v) is 8.77. The molecule has 46 heavy (non-hydrogen) atoms. The zero-order valence-electron chi connectivity index (χ0n) is 26.9. The van der Waals surface area contributed by atoms with Gasteiger partial charge in [0.1, 0.15) is 17.3 Å². The van der Waals surface area contributed by atoms with E-state index in [4.69, 9.17) is 4.74 Å². The van der Waals surface area contributed by atoms with Crippen LogP contribution in [-0.2, 0) is 25.4 Å². The fourth-order valence-corrected chi connectivity index (χ4v) is 6.25. The van der Waals surface area contributed by atoms with E-state index in [-0.39, 0.29) is 5.82 Å². The monoisotopic (exact) mass is 627 g/mol. The highest BCUT2D eigenvalue weighted by atomic mass is 19.1. The molecule has 1 heterocycles. The number of hydrogen-bond acceptors (Lipinski definition) is 7. The number of aryl methyl sites for hydroxylation is 1. The third kappa shape index (κ3) is 6.41. The van der Waals surface area contributed by atoms with Gasteiger partial charge in [-0.1, -0.05) is 30.3 Å². The zero-order chi connectivity index (χ0) is 33.3. The molecule has 1 aliphatic rings.